The molecule has 6 nitrogen and oxygen atoms in total. The first-order chi connectivity index (χ1) is 15.4. The lowest BCUT2D eigenvalue weighted by atomic mass is 9.78. The van der Waals surface area contributed by atoms with Crippen molar-refractivity contribution in [1.82, 2.24) is 5.32 Å². The third-order valence-corrected chi connectivity index (χ3v) is 8.52. The number of carbonyl (C=O) groups is 1. The summed E-state index contributed by atoms with van der Waals surface area (Å²) in [6.07, 6.45) is 11.1. The zero-order valence-electron chi connectivity index (χ0n) is 17.5. The molecule has 8 heteroatoms. The second-order valence-corrected chi connectivity index (χ2v) is 10.8. The molecule has 0 bridgehead atoms. The average Bonchev–Trinajstić information content (AvgIpc) is 3.32. The van der Waals surface area contributed by atoms with Crippen molar-refractivity contribution >= 4 is 33.2 Å². The van der Waals surface area contributed by atoms with Gasteiger partial charge in [0.1, 0.15) is 16.6 Å². The number of benzene rings is 1. The Balaban J connectivity index is 1.50. The van der Waals surface area contributed by atoms with Crippen molar-refractivity contribution in [2.45, 2.75) is 23.7 Å². The maximum absolute atomic E-state index is 12.6. The standard InChI is InChI=1S/C24H26N2O4S2/c25-32(28,29)24(13-2-1-3-14-24)21-12-15-26-17-23(21)30-19-8-6-18(7-9-19)22(27)11-10-20-5-4-16-31-20/h1-11,13,16,21,23,26H,12,14-15,17H2,(H2,25,28,29). The summed E-state index contributed by atoms with van der Waals surface area (Å²) in [5, 5.41) is 11.0. The maximum Gasteiger partial charge on any atom is 0.219 e. The van der Waals surface area contributed by atoms with E-state index in [9.17, 15) is 13.2 Å². The van der Waals surface area contributed by atoms with Crippen LogP contribution >= 0.6 is 11.3 Å². The summed E-state index contributed by atoms with van der Waals surface area (Å²) in [6, 6.07) is 10.8. The second kappa shape index (κ2) is 9.54. The lowest BCUT2D eigenvalue weighted by Crippen LogP contribution is -2.58. The van der Waals surface area contributed by atoms with Gasteiger partial charge in [-0.3, -0.25) is 4.79 Å². The first kappa shape index (κ1) is 22.7. The number of nitrogens with one attached hydrogen (secondary N) is 1. The Hall–Kier alpha value is -2.52. The summed E-state index contributed by atoms with van der Waals surface area (Å²) in [5.41, 5.74) is 0.560. The highest BCUT2D eigenvalue weighted by Crippen LogP contribution is 2.39. The second-order valence-electron chi connectivity index (χ2n) is 7.98. The van der Waals surface area contributed by atoms with E-state index in [2.05, 4.69) is 5.32 Å². The molecule has 0 radical (unpaired) electrons. The molecule has 2 aromatic rings. The number of carbonyl (C=O) groups excluding carboxylic acids is 1. The van der Waals surface area contributed by atoms with Crippen LogP contribution in [0.3, 0.4) is 0 Å². The zero-order chi connectivity index (χ0) is 22.6. The van der Waals surface area contributed by atoms with Crippen molar-refractivity contribution in [1.29, 1.82) is 0 Å². The molecule has 1 aliphatic carbocycles. The Morgan fingerprint density at radius 1 is 1.22 bits per heavy atom. The van der Waals surface area contributed by atoms with E-state index in [1.54, 1.807) is 59.9 Å². The molecule has 1 saturated heterocycles. The minimum absolute atomic E-state index is 0.0885. The topological polar surface area (TPSA) is 98.5 Å². The van der Waals surface area contributed by atoms with Gasteiger partial charge in [-0.1, -0.05) is 30.4 Å². The van der Waals surface area contributed by atoms with Gasteiger partial charge >= 0.3 is 0 Å². The van der Waals surface area contributed by atoms with Gasteiger partial charge in [-0.25, -0.2) is 13.6 Å². The van der Waals surface area contributed by atoms with E-state index in [0.717, 1.165) is 4.88 Å². The maximum atomic E-state index is 12.6. The molecule has 0 amide bonds. The summed E-state index contributed by atoms with van der Waals surface area (Å²) in [4.78, 5) is 13.4. The zero-order valence-corrected chi connectivity index (χ0v) is 19.1. The number of sulfonamides is 1. The highest BCUT2D eigenvalue weighted by atomic mass is 32.2. The largest absolute Gasteiger partial charge is 0.489 e. The van der Waals surface area contributed by atoms with Crippen molar-refractivity contribution in [3.05, 3.63) is 82.6 Å². The van der Waals surface area contributed by atoms with Crippen molar-refractivity contribution in [3.63, 3.8) is 0 Å². The molecule has 3 unspecified atom stereocenters. The van der Waals surface area contributed by atoms with E-state index in [1.165, 1.54) is 0 Å². The van der Waals surface area contributed by atoms with Crippen LogP contribution in [0.4, 0.5) is 0 Å². The molecule has 0 saturated carbocycles. The molecule has 32 heavy (non-hydrogen) atoms. The fourth-order valence-corrected chi connectivity index (χ4v) is 6.25. The molecule has 3 N–H and O–H groups in total. The van der Waals surface area contributed by atoms with Gasteiger partial charge in [0.2, 0.25) is 10.0 Å². The van der Waals surface area contributed by atoms with Crippen molar-refractivity contribution in [3.8, 4) is 5.75 Å². The Bertz CT molecular complexity index is 1140. The van der Waals surface area contributed by atoms with Gasteiger partial charge in [0, 0.05) is 22.9 Å². The number of piperidine rings is 1. The van der Waals surface area contributed by atoms with Crippen molar-refractivity contribution in [2.75, 3.05) is 13.1 Å². The van der Waals surface area contributed by atoms with Gasteiger partial charge in [-0.2, -0.15) is 0 Å². The third-order valence-electron chi connectivity index (χ3n) is 6.01. The van der Waals surface area contributed by atoms with Crippen LogP contribution in [0.1, 0.15) is 28.1 Å². The van der Waals surface area contributed by atoms with E-state index in [1.807, 2.05) is 29.7 Å². The first-order valence-electron chi connectivity index (χ1n) is 10.5. The van der Waals surface area contributed by atoms with Gasteiger partial charge in [0.15, 0.2) is 5.78 Å². The average molecular weight is 471 g/mol. The van der Waals surface area contributed by atoms with E-state index < -0.39 is 14.8 Å². The summed E-state index contributed by atoms with van der Waals surface area (Å²) in [5.74, 6) is 0.201. The predicted octanol–water partition coefficient (Wildman–Crippen LogP) is 3.54. The Morgan fingerprint density at radius 2 is 2.03 bits per heavy atom. The van der Waals surface area contributed by atoms with E-state index in [0.29, 0.717) is 37.2 Å². The van der Waals surface area contributed by atoms with Crippen LogP contribution in [0, 0.1) is 5.92 Å². The molecular weight excluding hydrogens is 444 g/mol. The quantitative estimate of drug-likeness (QED) is 0.476. The molecule has 1 aromatic heterocycles. The Kier molecular flexibility index (Phi) is 6.76. The van der Waals surface area contributed by atoms with Gasteiger partial charge < -0.3 is 10.1 Å². The number of nitrogens with two attached hydrogens (primary N) is 1. The summed E-state index contributed by atoms with van der Waals surface area (Å²) in [6.45, 7) is 1.22. The Morgan fingerprint density at radius 3 is 2.69 bits per heavy atom. The van der Waals surface area contributed by atoms with Gasteiger partial charge in [-0.05, 0) is 67.3 Å². The monoisotopic (exact) mass is 470 g/mol. The number of rotatable bonds is 7. The third kappa shape index (κ3) is 4.78. The normalized spacial score (nSPS) is 25.8. The SMILES string of the molecule is NS(=O)(=O)C1(C2CCNCC2Oc2ccc(C(=O)C=Cc3cccs3)cc2)C=CC=CC1. The summed E-state index contributed by atoms with van der Waals surface area (Å²) >= 11 is 1.57. The van der Waals surface area contributed by atoms with Crippen LogP contribution in [0.2, 0.25) is 0 Å². The summed E-state index contributed by atoms with van der Waals surface area (Å²) in [7, 11) is -3.85. The summed E-state index contributed by atoms with van der Waals surface area (Å²) < 4.78 is 30.3. The van der Waals surface area contributed by atoms with Gasteiger partial charge in [-0.15, -0.1) is 11.3 Å². The molecule has 3 atom stereocenters. The van der Waals surface area contributed by atoms with Crippen molar-refractivity contribution < 1.29 is 17.9 Å². The van der Waals surface area contributed by atoms with E-state index in [4.69, 9.17) is 9.88 Å². The number of ketones is 1. The fraction of sp³-hybridized carbons (Fsp3) is 0.292. The smallest absolute Gasteiger partial charge is 0.219 e. The molecular formula is C24H26N2O4S2. The van der Waals surface area contributed by atoms with Gasteiger partial charge in [0.25, 0.3) is 0 Å². The molecule has 168 valence electrons. The lowest BCUT2D eigenvalue weighted by Gasteiger charge is -2.43. The molecule has 1 aliphatic heterocycles. The van der Waals surface area contributed by atoms with E-state index in [-0.39, 0.29) is 17.8 Å². The minimum Gasteiger partial charge on any atom is -0.489 e. The Labute approximate surface area is 192 Å². The highest BCUT2D eigenvalue weighted by molar-refractivity contribution is 7.90. The number of ether oxygens (including phenoxy) is 1. The van der Waals surface area contributed by atoms with Gasteiger partial charge in [0.05, 0.1) is 0 Å². The number of hydrogen-bond acceptors (Lipinski definition) is 6. The van der Waals surface area contributed by atoms with Crippen LogP contribution in [-0.2, 0) is 10.0 Å². The predicted molar refractivity (Wildman–Crippen MR) is 128 cm³/mol. The highest BCUT2D eigenvalue weighted by Gasteiger charge is 2.50. The molecule has 4 rings (SSSR count). The van der Waals surface area contributed by atoms with Crippen LogP contribution in [-0.4, -0.2) is 38.1 Å². The molecule has 2 heterocycles. The number of hydrogen-bond donors (Lipinski definition) is 2. The minimum atomic E-state index is -3.85. The van der Waals surface area contributed by atoms with Crippen LogP contribution in [0.25, 0.3) is 6.08 Å². The first-order valence-corrected chi connectivity index (χ1v) is 12.9. The molecule has 0 spiro atoms. The lowest BCUT2D eigenvalue weighted by molar-refractivity contribution is 0.0873. The molecule has 1 fully saturated rings. The van der Waals surface area contributed by atoms with E-state index >= 15 is 0 Å². The number of allylic oxidation sites excluding steroid dienone is 4. The van der Waals surface area contributed by atoms with Crippen LogP contribution < -0.4 is 15.2 Å². The number of thiophene rings is 1. The number of primary sulfonamides is 1. The van der Waals surface area contributed by atoms with Crippen molar-refractivity contribution in [2.24, 2.45) is 11.1 Å². The fourth-order valence-electron chi connectivity index (χ4n) is 4.34. The molecule has 2 aliphatic rings. The van der Waals surface area contributed by atoms with Crippen LogP contribution in [0.15, 0.2) is 72.2 Å². The molecule has 1 aromatic carbocycles. The van der Waals surface area contributed by atoms with Crippen LogP contribution in [0.5, 0.6) is 5.75 Å².